The Morgan fingerprint density at radius 1 is 1.36 bits per heavy atom. The maximum absolute atomic E-state index is 4.29. The molecule has 3 nitrogen and oxygen atoms in total. The average Bonchev–Trinajstić information content (AvgIpc) is 2.26. The van der Waals surface area contributed by atoms with Gasteiger partial charge in [0.2, 0.25) is 5.95 Å². The van der Waals surface area contributed by atoms with Gasteiger partial charge in [-0.3, -0.25) is 0 Å². The summed E-state index contributed by atoms with van der Waals surface area (Å²) in [6.07, 6.45) is 6.10. The second-order valence-corrected chi connectivity index (χ2v) is 3.86. The zero-order valence-corrected chi connectivity index (χ0v) is 10.3. The van der Waals surface area contributed by atoms with Crippen molar-refractivity contribution in [2.45, 2.75) is 25.1 Å². The smallest absolute Gasteiger partial charge is 0.224 e. The molecule has 0 saturated heterocycles. The minimum absolute atomic E-state index is 0.808. The Labute approximate surface area is 93.7 Å². The number of alkyl halides is 1. The van der Waals surface area contributed by atoms with Crippen LogP contribution in [0.2, 0.25) is 0 Å². The molecule has 1 aromatic heterocycles. The van der Waals surface area contributed by atoms with Crippen LogP contribution in [0.5, 0.6) is 0 Å². The Bertz CT molecular complexity index is 261. The van der Waals surface area contributed by atoms with Gasteiger partial charge in [0.05, 0.1) is 0 Å². The number of nitrogens with zero attached hydrogens (tertiary/aromatic N) is 3. The van der Waals surface area contributed by atoms with Gasteiger partial charge in [-0.2, -0.15) is 0 Å². The van der Waals surface area contributed by atoms with Crippen molar-refractivity contribution in [1.82, 2.24) is 9.97 Å². The minimum atomic E-state index is 0.808. The lowest BCUT2D eigenvalue weighted by molar-refractivity contribution is 0.749. The number of unbranched alkanes of at least 4 members (excludes halogenated alkanes) is 1. The highest BCUT2D eigenvalue weighted by molar-refractivity contribution is 9.08. The molecule has 0 bridgehead atoms. The molecule has 1 aromatic rings. The molecule has 14 heavy (non-hydrogen) atoms. The summed E-state index contributed by atoms with van der Waals surface area (Å²) in [5, 5.41) is 0.811. The van der Waals surface area contributed by atoms with Crippen molar-refractivity contribution in [3.8, 4) is 0 Å². The standard InChI is InChI=1S/C10H16BrN3/c1-3-4-5-14(2)10-12-7-9(6-11)8-13-10/h7-8H,3-6H2,1-2H3. The van der Waals surface area contributed by atoms with E-state index in [1.807, 2.05) is 19.4 Å². The molecule has 0 radical (unpaired) electrons. The van der Waals surface area contributed by atoms with Gasteiger partial charge in [0.25, 0.3) is 0 Å². The van der Waals surface area contributed by atoms with Crippen molar-refractivity contribution in [3.63, 3.8) is 0 Å². The number of anilines is 1. The van der Waals surface area contributed by atoms with Gasteiger partial charge in [-0.05, 0) is 12.0 Å². The van der Waals surface area contributed by atoms with E-state index >= 15 is 0 Å². The van der Waals surface area contributed by atoms with Crippen molar-refractivity contribution in [3.05, 3.63) is 18.0 Å². The van der Waals surface area contributed by atoms with Gasteiger partial charge < -0.3 is 4.90 Å². The van der Waals surface area contributed by atoms with Crippen LogP contribution in [0.4, 0.5) is 5.95 Å². The van der Waals surface area contributed by atoms with Crippen LogP contribution < -0.4 is 4.90 Å². The molecule has 0 saturated carbocycles. The minimum Gasteiger partial charge on any atom is -0.344 e. The average molecular weight is 258 g/mol. The van der Waals surface area contributed by atoms with E-state index in [0.29, 0.717) is 0 Å². The number of halogens is 1. The topological polar surface area (TPSA) is 29.0 Å². The SMILES string of the molecule is CCCCN(C)c1ncc(CBr)cn1. The van der Waals surface area contributed by atoms with Crippen LogP contribution >= 0.6 is 15.9 Å². The summed E-state index contributed by atoms with van der Waals surface area (Å²) in [5.74, 6) is 0.808. The quantitative estimate of drug-likeness (QED) is 0.760. The van der Waals surface area contributed by atoms with Crippen LogP contribution in [0, 0.1) is 0 Å². The van der Waals surface area contributed by atoms with Crippen LogP contribution in [-0.2, 0) is 5.33 Å². The normalized spacial score (nSPS) is 10.2. The highest BCUT2D eigenvalue weighted by Gasteiger charge is 2.02. The Morgan fingerprint density at radius 3 is 2.50 bits per heavy atom. The number of rotatable bonds is 5. The Balaban J connectivity index is 2.57. The molecule has 0 spiro atoms. The summed E-state index contributed by atoms with van der Waals surface area (Å²) < 4.78 is 0. The third-order valence-electron chi connectivity index (χ3n) is 2.03. The van der Waals surface area contributed by atoms with Gasteiger partial charge >= 0.3 is 0 Å². The maximum atomic E-state index is 4.29. The molecule has 0 aliphatic heterocycles. The fourth-order valence-corrected chi connectivity index (χ4v) is 1.40. The molecule has 78 valence electrons. The van der Waals surface area contributed by atoms with Crippen LogP contribution in [0.25, 0.3) is 0 Å². The van der Waals surface area contributed by atoms with Crippen molar-refractivity contribution in [1.29, 1.82) is 0 Å². The monoisotopic (exact) mass is 257 g/mol. The Hall–Kier alpha value is -0.640. The van der Waals surface area contributed by atoms with Gasteiger partial charge in [-0.25, -0.2) is 9.97 Å². The lowest BCUT2D eigenvalue weighted by Crippen LogP contribution is -2.20. The molecule has 1 heterocycles. The summed E-state index contributed by atoms with van der Waals surface area (Å²) in [4.78, 5) is 10.7. The number of hydrogen-bond donors (Lipinski definition) is 0. The molecule has 0 fully saturated rings. The Kier molecular flexibility index (Phi) is 4.87. The fourth-order valence-electron chi connectivity index (χ4n) is 1.11. The summed E-state index contributed by atoms with van der Waals surface area (Å²) in [6.45, 7) is 3.20. The molecular weight excluding hydrogens is 242 g/mol. The summed E-state index contributed by atoms with van der Waals surface area (Å²) in [6, 6.07) is 0. The molecule has 0 aromatic carbocycles. The molecule has 0 aliphatic rings. The van der Waals surface area contributed by atoms with E-state index in [1.165, 1.54) is 12.8 Å². The van der Waals surface area contributed by atoms with Crippen LogP contribution in [0.3, 0.4) is 0 Å². The molecule has 0 atom stereocenters. The van der Waals surface area contributed by atoms with E-state index in [-0.39, 0.29) is 0 Å². The van der Waals surface area contributed by atoms with Crippen molar-refractivity contribution >= 4 is 21.9 Å². The van der Waals surface area contributed by atoms with Crippen molar-refractivity contribution < 1.29 is 0 Å². The van der Waals surface area contributed by atoms with E-state index < -0.39 is 0 Å². The molecule has 0 aliphatic carbocycles. The molecule has 0 amide bonds. The van der Waals surface area contributed by atoms with Crippen LogP contribution in [0.1, 0.15) is 25.3 Å². The molecule has 0 N–H and O–H groups in total. The van der Waals surface area contributed by atoms with E-state index in [9.17, 15) is 0 Å². The molecule has 4 heteroatoms. The highest BCUT2D eigenvalue weighted by Crippen LogP contribution is 2.08. The van der Waals surface area contributed by atoms with E-state index in [4.69, 9.17) is 0 Å². The lowest BCUT2D eigenvalue weighted by atomic mass is 10.3. The van der Waals surface area contributed by atoms with Gasteiger partial charge in [0, 0.05) is 31.3 Å². The van der Waals surface area contributed by atoms with Gasteiger partial charge in [0.15, 0.2) is 0 Å². The zero-order chi connectivity index (χ0) is 10.4. The van der Waals surface area contributed by atoms with Gasteiger partial charge in [-0.1, -0.05) is 29.3 Å². The first-order valence-electron chi connectivity index (χ1n) is 4.86. The highest BCUT2D eigenvalue weighted by atomic mass is 79.9. The van der Waals surface area contributed by atoms with E-state index in [2.05, 4.69) is 37.7 Å². The van der Waals surface area contributed by atoms with Crippen LogP contribution in [-0.4, -0.2) is 23.6 Å². The third kappa shape index (κ3) is 3.25. The van der Waals surface area contributed by atoms with E-state index in [0.717, 1.165) is 23.4 Å². The summed E-state index contributed by atoms with van der Waals surface area (Å²) in [5.41, 5.74) is 1.11. The number of hydrogen-bond acceptors (Lipinski definition) is 3. The molecular formula is C10H16BrN3. The van der Waals surface area contributed by atoms with E-state index in [1.54, 1.807) is 0 Å². The first-order valence-corrected chi connectivity index (χ1v) is 5.98. The molecule has 1 rings (SSSR count). The largest absolute Gasteiger partial charge is 0.344 e. The number of aromatic nitrogens is 2. The van der Waals surface area contributed by atoms with Crippen molar-refractivity contribution in [2.24, 2.45) is 0 Å². The van der Waals surface area contributed by atoms with Gasteiger partial charge in [0.1, 0.15) is 0 Å². The first-order chi connectivity index (χ1) is 6.77. The Morgan fingerprint density at radius 2 is 2.00 bits per heavy atom. The fraction of sp³-hybridized carbons (Fsp3) is 0.600. The summed E-state index contributed by atoms with van der Waals surface area (Å²) in [7, 11) is 2.03. The predicted octanol–water partition coefficient (Wildman–Crippen LogP) is 2.61. The second kappa shape index (κ2) is 5.96. The third-order valence-corrected chi connectivity index (χ3v) is 2.68. The zero-order valence-electron chi connectivity index (χ0n) is 8.70. The van der Waals surface area contributed by atoms with Crippen LogP contribution in [0.15, 0.2) is 12.4 Å². The maximum Gasteiger partial charge on any atom is 0.224 e. The predicted molar refractivity (Wildman–Crippen MR) is 62.8 cm³/mol. The molecule has 0 unspecified atom stereocenters. The summed E-state index contributed by atoms with van der Waals surface area (Å²) >= 11 is 3.37. The lowest BCUT2D eigenvalue weighted by Gasteiger charge is -2.15. The van der Waals surface area contributed by atoms with Gasteiger partial charge in [-0.15, -0.1) is 0 Å². The first kappa shape index (κ1) is 11.4. The van der Waals surface area contributed by atoms with Crippen molar-refractivity contribution in [2.75, 3.05) is 18.5 Å². The second-order valence-electron chi connectivity index (χ2n) is 3.30.